The van der Waals surface area contributed by atoms with E-state index in [1.165, 1.54) is 25.3 Å². The first-order valence-corrected chi connectivity index (χ1v) is 9.17. The van der Waals surface area contributed by atoms with Crippen LogP contribution in [-0.4, -0.2) is 34.0 Å². The molecule has 0 aliphatic carbocycles. The van der Waals surface area contributed by atoms with Crippen molar-refractivity contribution in [3.8, 4) is 5.75 Å². The zero-order valence-corrected chi connectivity index (χ0v) is 15.4. The number of esters is 1. The number of primary sulfonamides is 1. The van der Waals surface area contributed by atoms with Crippen molar-refractivity contribution in [3.05, 3.63) is 52.8 Å². The standard InChI is InChI=1S/C16H14ClFN2O6S/c1-25-14-5-3-10(27(19,23)24)7-11(14)16(22)26-8-15(21)20-13-4-2-9(17)6-12(13)18/h2-7H,8H2,1H3,(H,20,21)(H2,19,23,24). The number of methoxy groups -OCH3 is 1. The van der Waals surface area contributed by atoms with Gasteiger partial charge in [0, 0.05) is 5.02 Å². The van der Waals surface area contributed by atoms with Crippen LogP contribution in [0.5, 0.6) is 5.75 Å². The first-order valence-electron chi connectivity index (χ1n) is 7.24. The maximum atomic E-state index is 13.6. The molecule has 0 aliphatic rings. The Morgan fingerprint density at radius 1 is 1.22 bits per heavy atom. The maximum Gasteiger partial charge on any atom is 0.342 e. The first-order chi connectivity index (χ1) is 12.6. The molecule has 8 nitrogen and oxygen atoms in total. The van der Waals surface area contributed by atoms with Crippen LogP contribution in [0, 0.1) is 5.82 Å². The van der Waals surface area contributed by atoms with Gasteiger partial charge in [-0.05, 0) is 36.4 Å². The van der Waals surface area contributed by atoms with Crippen molar-refractivity contribution >= 4 is 39.2 Å². The molecule has 0 fully saturated rings. The second-order valence-corrected chi connectivity index (χ2v) is 7.15. The molecule has 27 heavy (non-hydrogen) atoms. The van der Waals surface area contributed by atoms with Gasteiger partial charge in [-0.3, -0.25) is 4.79 Å². The molecule has 144 valence electrons. The van der Waals surface area contributed by atoms with Crippen LogP contribution >= 0.6 is 11.6 Å². The van der Waals surface area contributed by atoms with E-state index < -0.39 is 34.3 Å². The van der Waals surface area contributed by atoms with Crippen molar-refractivity contribution in [1.29, 1.82) is 0 Å². The number of hydrogen-bond acceptors (Lipinski definition) is 6. The maximum absolute atomic E-state index is 13.6. The van der Waals surface area contributed by atoms with E-state index in [0.29, 0.717) is 0 Å². The van der Waals surface area contributed by atoms with Gasteiger partial charge in [0.25, 0.3) is 5.91 Å². The van der Waals surface area contributed by atoms with Gasteiger partial charge in [0.2, 0.25) is 10.0 Å². The number of ether oxygens (including phenoxy) is 2. The predicted octanol–water partition coefficient (Wildman–Crippen LogP) is 1.93. The smallest absolute Gasteiger partial charge is 0.342 e. The van der Waals surface area contributed by atoms with Gasteiger partial charge < -0.3 is 14.8 Å². The molecule has 2 rings (SSSR count). The second-order valence-electron chi connectivity index (χ2n) is 5.16. The highest BCUT2D eigenvalue weighted by atomic mass is 35.5. The van der Waals surface area contributed by atoms with Crippen LogP contribution in [0.15, 0.2) is 41.3 Å². The molecule has 0 spiro atoms. The van der Waals surface area contributed by atoms with Crippen LogP contribution in [0.2, 0.25) is 5.02 Å². The van der Waals surface area contributed by atoms with Crippen LogP contribution < -0.4 is 15.2 Å². The zero-order valence-electron chi connectivity index (χ0n) is 13.9. The molecule has 0 unspecified atom stereocenters. The predicted molar refractivity (Wildman–Crippen MR) is 94.7 cm³/mol. The van der Waals surface area contributed by atoms with Crippen LogP contribution in [-0.2, 0) is 19.6 Å². The number of halogens is 2. The molecule has 0 aromatic heterocycles. The molecule has 0 heterocycles. The van der Waals surface area contributed by atoms with Gasteiger partial charge in [-0.2, -0.15) is 0 Å². The summed E-state index contributed by atoms with van der Waals surface area (Å²) >= 11 is 5.61. The quantitative estimate of drug-likeness (QED) is 0.693. The molecule has 2 aromatic rings. The van der Waals surface area contributed by atoms with Crippen LogP contribution in [0.4, 0.5) is 10.1 Å². The Labute approximate surface area is 159 Å². The molecule has 0 radical (unpaired) electrons. The number of sulfonamides is 1. The largest absolute Gasteiger partial charge is 0.496 e. The Morgan fingerprint density at radius 2 is 1.93 bits per heavy atom. The summed E-state index contributed by atoms with van der Waals surface area (Å²) in [5.41, 5.74) is -0.385. The fourth-order valence-corrected chi connectivity index (χ4v) is 2.71. The van der Waals surface area contributed by atoms with Crippen molar-refractivity contribution in [2.24, 2.45) is 5.14 Å². The molecular formula is C16H14ClFN2O6S. The van der Waals surface area contributed by atoms with Crippen LogP contribution in [0.1, 0.15) is 10.4 Å². The Hall–Kier alpha value is -2.69. The average molecular weight is 417 g/mol. The van der Waals surface area contributed by atoms with E-state index in [1.54, 1.807) is 0 Å². The highest BCUT2D eigenvalue weighted by molar-refractivity contribution is 7.89. The highest BCUT2D eigenvalue weighted by Gasteiger charge is 2.19. The normalized spacial score (nSPS) is 11.0. The van der Waals surface area contributed by atoms with Crippen molar-refractivity contribution in [1.82, 2.24) is 0 Å². The number of carbonyl (C=O) groups excluding carboxylic acids is 2. The molecule has 2 aromatic carbocycles. The number of carbonyl (C=O) groups is 2. The van der Waals surface area contributed by atoms with Crippen LogP contribution in [0.25, 0.3) is 0 Å². The first kappa shape index (κ1) is 20.6. The lowest BCUT2D eigenvalue weighted by Crippen LogP contribution is -2.22. The van der Waals surface area contributed by atoms with E-state index in [-0.39, 0.29) is 26.9 Å². The summed E-state index contributed by atoms with van der Waals surface area (Å²) < 4.78 is 46.2. The Morgan fingerprint density at radius 3 is 2.52 bits per heavy atom. The molecule has 0 saturated heterocycles. The van der Waals surface area contributed by atoms with Gasteiger partial charge >= 0.3 is 5.97 Å². The van der Waals surface area contributed by atoms with E-state index in [2.05, 4.69) is 5.32 Å². The van der Waals surface area contributed by atoms with E-state index in [0.717, 1.165) is 18.2 Å². The Bertz CT molecular complexity index is 996. The van der Waals surface area contributed by atoms with E-state index in [1.807, 2.05) is 0 Å². The number of rotatable bonds is 6. The van der Waals surface area contributed by atoms with Gasteiger partial charge in [0.05, 0.1) is 17.7 Å². The second kappa shape index (κ2) is 8.33. The molecule has 0 atom stereocenters. The summed E-state index contributed by atoms with van der Waals surface area (Å²) in [7, 11) is -2.80. The van der Waals surface area contributed by atoms with Gasteiger partial charge in [0.15, 0.2) is 6.61 Å². The van der Waals surface area contributed by atoms with E-state index >= 15 is 0 Å². The third-order valence-electron chi connectivity index (χ3n) is 3.26. The zero-order chi connectivity index (χ0) is 20.2. The lowest BCUT2D eigenvalue weighted by Gasteiger charge is -2.11. The number of hydrogen-bond donors (Lipinski definition) is 2. The third-order valence-corrected chi connectivity index (χ3v) is 4.41. The molecule has 0 saturated carbocycles. The number of amides is 1. The third kappa shape index (κ3) is 5.39. The molecule has 0 aliphatic heterocycles. The summed E-state index contributed by atoms with van der Waals surface area (Å²) in [6.07, 6.45) is 0. The lowest BCUT2D eigenvalue weighted by atomic mass is 10.2. The van der Waals surface area contributed by atoms with E-state index in [9.17, 15) is 22.4 Å². The topological polar surface area (TPSA) is 125 Å². The number of nitrogens with one attached hydrogen (secondary N) is 1. The van der Waals surface area contributed by atoms with Gasteiger partial charge in [-0.15, -0.1) is 0 Å². The summed E-state index contributed by atoms with van der Waals surface area (Å²) in [5.74, 6) is -2.57. The SMILES string of the molecule is COc1ccc(S(N)(=O)=O)cc1C(=O)OCC(=O)Nc1ccc(Cl)cc1F. The Balaban J connectivity index is 2.09. The lowest BCUT2D eigenvalue weighted by molar-refractivity contribution is -0.119. The molecule has 11 heteroatoms. The molecule has 0 bridgehead atoms. The highest BCUT2D eigenvalue weighted by Crippen LogP contribution is 2.23. The number of anilines is 1. The minimum absolute atomic E-state index is 0.0246. The fraction of sp³-hybridized carbons (Fsp3) is 0.125. The van der Waals surface area contributed by atoms with Gasteiger partial charge in [-0.25, -0.2) is 22.7 Å². The minimum Gasteiger partial charge on any atom is -0.496 e. The minimum atomic E-state index is -4.06. The summed E-state index contributed by atoms with van der Waals surface area (Å²) in [6, 6.07) is 6.96. The fourth-order valence-electron chi connectivity index (χ4n) is 2.01. The van der Waals surface area contributed by atoms with Crippen molar-refractivity contribution in [2.75, 3.05) is 19.0 Å². The summed E-state index contributed by atoms with van der Waals surface area (Å²) in [5, 5.41) is 7.38. The molecule has 3 N–H and O–H groups in total. The molecular weight excluding hydrogens is 403 g/mol. The average Bonchev–Trinajstić information content (AvgIpc) is 2.60. The van der Waals surface area contributed by atoms with Gasteiger partial charge in [0.1, 0.15) is 17.1 Å². The van der Waals surface area contributed by atoms with Crippen molar-refractivity contribution < 1.29 is 31.9 Å². The van der Waals surface area contributed by atoms with Crippen LogP contribution in [0.3, 0.4) is 0 Å². The summed E-state index contributed by atoms with van der Waals surface area (Å²) in [6.45, 7) is -0.746. The molecule has 1 amide bonds. The van der Waals surface area contributed by atoms with Crippen molar-refractivity contribution in [3.63, 3.8) is 0 Å². The summed E-state index contributed by atoms with van der Waals surface area (Å²) in [4.78, 5) is 23.7. The van der Waals surface area contributed by atoms with Crippen molar-refractivity contribution in [2.45, 2.75) is 4.90 Å². The number of nitrogens with two attached hydrogens (primary N) is 1. The van der Waals surface area contributed by atoms with Gasteiger partial charge in [-0.1, -0.05) is 11.6 Å². The van der Waals surface area contributed by atoms with E-state index in [4.69, 9.17) is 26.2 Å². The Kier molecular flexibility index (Phi) is 6.37. The number of benzene rings is 2. The monoisotopic (exact) mass is 416 g/mol.